The summed E-state index contributed by atoms with van der Waals surface area (Å²) < 4.78 is 1.79. The molecule has 1 aromatic heterocycles. The number of aromatic nitrogens is 1. The van der Waals surface area contributed by atoms with Gasteiger partial charge in [0, 0.05) is 6.54 Å². The molecule has 128 valence electrons. The Morgan fingerprint density at radius 2 is 1.52 bits per heavy atom. The van der Waals surface area contributed by atoms with E-state index in [2.05, 4.69) is 9.98 Å². The van der Waals surface area contributed by atoms with Crippen molar-refractivity contribution in [3.63, 3.8) is 0 Å². The van der Waals surface area contributed by atoms with E-state index in [1.165, 1.54) is 22.5 Å². The molecule has 2 aromatic carbocycles. The van der Waals surface area contributed by atoms with E-state index in [9.17, 15) is 5.11 Å². The molecule has 0 saturated heterocycles. The molecule has 0 aliphatic carbocycles. The number of aliphatic imine (C=N–C) groups is 1. The molecule has 3 aromatic rings. The van der Waals surface area contributed by atoms with Gasteiger partial charge in [-0.15, -0.1) is 0 Å². The summed E-state index contributed by atoms with van der Waals surface area (Å²) in [5.41, 5.74) is 4.12. The van der Waals surface area contributed by atoms with E-state index >= 15 is 0 Å². The van der Waals surface area contributed by atoms with E-state index in [4.69, 9.17) is 0 Å². The van der Waals surface area contributed by atoms with E-state index in [1.54, 1.807) is 10.8 Å². The van der Waals surface area contributed by atoms with Gasteiger partial charge < -0.3 is 5.11 Å². The third kappa shape index (κ3) is 4.06. The number of rotatable bonds is 4. The highest BCUT2D eigenvalue weighted by atomic mass is 32.1. The summed E-state index contributed by atoms with van der Waals surface area (Å²) in [5, 5.41) is 10.5. The van der Waals surface area contributed by atoms with Crippen LogP contribution in [0, 0.1) is 13.8 Å². The molecule has 0 aliphatic rings. The number of hydrogen-bond acceptors (Lipinski definition) is 4. The molecule has 0 fully saturated rings. The van der Waals surface area contributed by atoms with E-state index < -0.39 is 0 Å². The highest BCUT2D eigenvalue weighted by Crippen LogP contribution is 2.21. The monoisotopic (exact) mass is 351 g/mol. The van der Waals surface area contributed by atoms with Crippen molar-refractivity contribution in [3.8, 4) is 5.88 Å². The summed E-state index contributed by atoms with van der Waals surface area (Å²) >= 11 is 1.43. The summed E-state index contributed by atoms with van der Waals surface area (Å²) in [6.07, 6.45) is 1.70. The van der Waals surface area contributed by atoms with Crippen LogP contribution >= 0.6 is 11.3 Å². The zero-order chi connectivity index (χ0) is 17.8. The van der Waals surface area contributed by atoms with Gasteiger partial charge in [-0.3, -0.25) is 9.56 Å². The molecule has 4 nitrogen and oxygen atoms in total. The van der Waals surface area contributed by atoms with Crippen LogP contribution in [-0.2, 0) is 6.54 Å². The minimum Gasteiger partial charge on any atom is -0.493 e. The maximum atomic E-state index is 10.5. The van der Waals surface area contributed by atoms with Crippen molar-refractivity contribution >= 4 is 28.9 Å². The lowest BCUT2D eigenvalue weighted by Crippen LogP contribution is -2.12. The number of nitrogens with zero attached hydrogens (tertiary/aromatic N) is 3. The number of aryl methyl sites for hydroxylation is 2. The van der Waals surface area contributed by atoms with Crippen LogP contribution in [0.5, 0.6) is 5.88 Å². The maximum absolute atomic E-state index is 10.5. The smallest absolute Gasteiger partial charge is 0.212 e. The third-order valence-corrected chi connectivity index (χ3v) is 4.85. The van der Waals surface area contributed by atoms with Gasteiger partial charge in [0.1, 0.15) is 4.88 Å². The van der Waals surface area contributed by atoms with Crippen molar-refractivity contribution in [1.29, 1.82) is 0 Å². The van der Waals surface area contributed by atoms with E-state index in [-0.39, 0.29) is 5.88 Å². The fourth-order valence-corrected chi connectivity index (χ4v) is 3.35. The SMILES string of the molecule is CCn1c(O)c(C=Nc2ccc(C)cc2)sc1=Nc1ccc(C)cc1. The average Bonchev–Trinajstić information content (AvgIpc) is 2.91. The lowest BCUT2D eigenvalue weighted by atomic mass is 10.2. The first-order valence-electron chi connectivity index (χ1n) is 8.21. The number of hydrogen-bond donors (Lipinski definition) is 1. The molecule has 0 atom stereocenters. The van der Waals surface area contributed by atoms with Gasteiger partial charge in [-0.2, -0.15) is 0 Å². The van der Waals surface area contributed by atoms with Gasteiger partial charge in [-0.05, 0) is 45.0 Å². The van der Waals surface area contributed by atoms with Crippen molar-refractivity contribution in [1.82, 2.24) is 4.57 Å². The Labute approximate surface area is 151 Å². The van der Waals surface area contributed by atoms with Gasteiger partial charge >= 0.3 is 0 Å². The highest BCUT2D eigenvalue weighted by molar-refractivity contribution is 7.11. The molecule has 0 aliphatic heterocycles. The summed E-state index contributed by atoms with van der Waals surface area (Å²) in [6.45, 7) is 6.72. The molecule has 0 saturated carbocycles. The molecule has 0 bridgehead atoms. The molecule has 5 heteroatoms. The van der Waals surface area contributed by atoms with Crippen molar-refractivity contribution in [3.05, 3.63) is 69.3 Å². The first kappa shape index (κ1) is 17.2. The minimum atomic E-state index is 0.203. The summed E-state index contributed by atoms with van der Waals surface area (Å²) in [7, 11) is 0. The Morgan fingerprint density at radius 3 is 2.08 bits per heavy atom. The van der Waals surface area contributed by atoms with Crippen LogP contribution in [0.4, 0.5) is 11.4 Å². The van der Waals surface area contributed by atoms with Gasteiger partial charge in [0.15, 0.2) is 4.80 Å². The average molecular weight is 351 g/mol. The van der Waals surface area contributed by atoms with Crippen LogP contribution < -0.4 is 4.80 Å². The zero-order valence-electron chi connectivity index (χ0n) is 14.6. The Kier molecular flexibility index (Phi) is 5.14. The van der Waals surface area contributed by atoms with Gasteiger partial charge in [0.2, 0.25) is 5.88 Å². The van der Waals surface area contributed by atoms with E-state index in [0.29, 0.717) is 11.4 Å². The molecule has 25 heavy (non-hydrogen) atoms. The second kappa shape index (κ2) is 7.49. The zero-order valence-corrected chi connectivity index (χ0v) is 15.4. The van der Waals surface area contributed by atoms with Gasteiger partial charge in [0.25, 0.3) is 0 Å². The topological polar surface area (TPSA) is 49.9 Å². The standard InChI is InChI=1S/C20H21N3OS/c1-4-23-19(24)18(13-21-16-9-5-14(2)6-10-16)25-20(23)22-17-11-7-15(3)8-12-17/h5-13,24H,4H2,1-3H3. The predicted molar refractivity (Wildman–Crippen MR) is 104 cm³/mol. The van der Waals surface area contributed by atoms with Crippen molar-refractivity contribution < 1.29 is 5.11 Å². The minimum absolute atomic E-state index is 0.203. The molecule has 0 unspecified atom stereocenters. The number of aromatic hydroxyl groups is 1. The summed E-state index contributed by atoms with van der Waals surface area (Å²) in [4.78, 5) is 10.6. The van der Waals surface area contributed by atoms with Crippen LogP contribution in [0.3, 0.4) is 0 Å². The summed E-state index contributed by atoms with van der Waals surface area (Å²) in [5.74, 6) is 0.203. The largest absolute Gasteiger partial charge is 0.493 e. The highest BCUT2D eigenvalue weighted by Gasteiger charge is 2.10. The fraction of sp³-hybridized carbons (Fsp3) is 0.200. The maximum Gasteiger partial charge on any atom is 0.212 e. The third-order valence-electron chi connectivity index (χ3n) is 3.85. The van der Waals surface area contributed by atoms with E-state index in [1.807, 2.05) is 69.3 Å². The Morgan fingerprint density at radius 1 is 0.960 bits per heavy atom. The second-order valence-corrected chi connectivity index (χ2v) is 6.87. The van der Waals surface area contributed by atoms with Crippen molar-refractivity contribution in [2.24, 2.45) is 9.98 Å². The van der Waals surface area contributed by atoms with Crippen LogP contribution in [0.1, 0.15) is 22.9 Å². The van der Waals surface area contributed by atoms with Crippen LogP contribution in [0.2, 0.25) is 0 Å². The van der Waals surface area contributed by atoms with Gasteiger partial charge in [-0.25, -0.2) is 4.99 Å². The quantitative estimate of drug-likeness (QED) is 0.670. The molecule has 0 spiro atoms. The lowest BCUT2D eigenvalue weighted by molar-refractivity contribution is 0.416. The van der Waals surface area contributed by atoms with Crippen molar-refractivity contribution in [2.45, 2.75) is 27.3 Å². The normalized spacial score (nSPS) is 12.2. The molecule has 0 amide bonds. The number of benzene rings is 2. The Hall–Kier alpha value is -2.66. The van der Waals surface area contributed by atoms with Crippen LogP contribution in [-0.4, -0.2) is 15.9 Å². The van der Waals surface area contributed by atoms with Crippen LogP contribution in [0.15, 0.2) is 58.5 Å². The first-order chi connectivity index (χ1) is 12.1. The first-order valence-corrected chi connectivity index (χ1v) is 9.03. The van der Waals surface area contributed by atoms with Gasteiger partial charge in [0.05, 0.1) is 17.6 Å². The lowest BCUT2D eigenvalue weighted by Gasteiger charge is -2.00. The van der Waals surface area contributed by atoms with Gasteiger partial charge in [-0.1, -0.05) is 46.7 Å². The molecular weight excluding hydrogens is 330 g/mol. The predicted octanol–water partition coefficient (Wildman–Crippen LogP) is 4.87. The molecule has 1 heterocycles. The van der Waals surface area contributed by atoms with Crippen molar-refractivity contribution in [2.75, 3.05) is 0 Å². The second-order valence-electron chi connectivity index (χ2n) is 5.86. The molecular formula is C20H21N3OS. The molecule has 3 rings (SSSR count). The molecule has 0 radical (unpaired) electrons. The molecule has 1 N–H and O–H groups in total. The number of thiazole rings is 1. The van der Waals surface area contributed by atoms with E-state index in [0.717, 1.165) is 16.2 Å². The Bertz CT molecular complexity index is 948. The van der Waals surface area contributed by atoms with Crippen LogP contribution in [0.25, 0.3) is 0 Å². The fourth-order valence-electron chi connectivity index (χ4n) is 2.37. The Balaban J connectivity index is 1.97. The summed E-state index contributed by atoms with van der Waals surface area (Å²) in [6, 6.07) is 16.0.